The van der Waals surface area contributed by atoms with Crippen molar-refractivity contribution in [1.29, 1.82) is 26.3 Å². The monoisotopic (exact) mass is 356 g/mol. The van der Waals surface area contributed by atoms with Gasteiger partial charge >= 0.3 is 17.1 Å². The van der Waals surface area contributed by atoms with Crippen LogP contribution in [0, 0.1) is 65.1 Å². The second-order valence-electron chi connectivity index (χ2n) is 5.40. The Hall–Kier alpha value is -2.11. The fourth-order valence-electron chi connectivity index (χ4n) is 2.70. The second-order valence-corrected chi connectivity index (χ2v) is 5.40. The summed E-state index contributed by atoms with van der Waals surface area (Å²) >= 11 is 0. The summed E-state index contributed by atoms with van der Waals surface area (Å²) in [6.45, 7) is 33.6. The smallest absolute Gasteiger partial charge is 0.512 e. The van der Waals surface area contributed by atoms with Crippen molar-refractivity contribution in [2.24, 2.45) is 11.7 Å². The van der Waals surface area contributed by atoms with Gasteiger partial charge in [0.15, 0.2) is 0 Å². The average Bonchev–Trinajstić information content (AvgIpc) is 2.54. The van der Waals surface area contributed by atoms with Gasteiger partial charge in [-0.3, -0.25) is 0 Å². The molecule has 0 aromatic heterocycles. The summed E-state index contributed by atoms with van der Waals surface area (Å²) in [5.74, 6) is 0.691. The van der Waals surface area contributed by atoms with Crippen LogP contribution in [0.1, 0.15) is 40.5 Å². The Balaban J connectivity index is -0.0000000565. The van der Waals surface area contributed by atoms with Gasteiger partial charge in [-0.25, -0.2) is 0 Å². The van der Waals surface area contributed by atoms with Crippen LogP contribution in [0.15, 0.2) is 0 Å². The molecule has 0 aromatic carbocycles. The van der Waals surface area contributed by atoms with E-state index in [0.29, 0.717) is 5.92 Å². The van der Waals surface area contributed by atoms with Crippen LogP contribution in [0.5, 0.6) is 0 Å². The molecule has 1 heterocycles. The molecule has 1 radical (unpaired) electrons. The van der Waals surface area contributed by atoms with E-state index in [9.17, 15) is 0 Å². The number of nitrogens with zero attached hydrogens (tertiary/aromatic N) is 5. The number of piperidine rings is 1. The van der Waals surface area contributed by atoms with Gasteiger partial charge in [-0.1, -0.05) is 0 Å². The van der Waals surface area contributed by atoms with Gasteiger partial charge in [0.25, 0.3) is 0 Å². The quantitative estimate of drug-likeness (QED) is 0.537. The van der Waals surface area contributed by atoms with E-state index >= 15 is 0 Å². The number of nitrogens with one attached hydrogen (secondary N) is 1. The third-order valence-corrected chi connectivity index (χ3v) is 2.61. The van der Waals surface area contributed by atoms with E-state index in [1.54, 1.807) is 0 Å². The van der Waals surface area contributed by atoms with Crippen LogP contribution in [0.3, 0.4) is 0 Å². The van der Waals surface area contributed by atoms with E-state index in [0.717, 1.165) is 6.54 Å². The Morgan fingerprint density at radius 3 is 1.17 bits per heavy atom. The van der Waals surface area contributed by atoms with Crippen molar-refractivity contribution in [3.63, 3.8) is 0 Å². The summed E-state index contributed by atoms with van der Waals surface area (Å²) in [6, 6.07) is 0. The predicted octanol–water partition coefficient (Wildman–Crippen LogP) is 1.98. The van der Waals surface area contributed by atoms with Crippen LogP contribution < -0.4 is 11.1 Å². The number of rotatable bonds is 1. The van der Waals surface area contributed by atoms with Gasteiger partial charge in [-0.05, 0) is 53.0 Å². The molecule has 125 valence electrons. The first-order valence-corrected chi connectivity index (χ1v) is 5.96. The average molecular weight is 356 g/mol. The minimum atomic E-state index is 0. The summed E-state index contributed by atoms with van der Waals surface area (Å²) in [7, 11) is 0. The van der Waals surface area contributed by atoms with Gasteiger partial charge in [0.2, 0.25) is 0 Å². The summed E-state index contributed by atoms with van der Waals surface area (Å²) in [5, 5.41) is 34.9. The molecule has 1 saturated heterocycles. The summed E-state index contributed by atoms with van der Waals surface area (Å²) in [4.78, 5) is 0. The first kappa shape index (κ1) is 37.3. The summed E-state index contributed by atoms with van der Waals surface area (Å²) in [6.07, 6.45) is 2.40. The zero-order valence-electron chi connectivity index (χ0n) is 13.9. The molecule has 0 saturated carbocycles. The zero-order chi connectivity index (χ0) is 19.4. The molecule has 23 heavy (non-hydrogen) atoms. The maximum atomic E-state index is 6.25. The van der Waals surface area contributed by atoms with Gasteiger partial charge < -0.3 is 70.2 Å². The molecule has 1 rings (SSSR count). The van der Waals surface area contributed by atoms with Crippen molar-refractivity contribution in [3.8, 4) is 0 Å². The first-order valence-electron chi connectivity index (χ1n) is 5.96. The second kappa shape index (κ2) is 24.9. The molecule has 1 fully saturated rings. The molecule has 1 aliphatic heterocycles. The first-order chi connectivity index (χ1) is 10.3. The van der Waals surface area contributed by atoms with Crippen molar-refractivity contribution < 1.29 is 17.1 Å². The molecule has 0 amide bonds. The standard InChI is InChI=1S/C10H22N2.5CN.Fe/c1-9(2)5-8(7-11)6-10(3,4)12-9;5*1-2;/h8,12H,5-7,11H2,1-4H3;;;;;;/q;5*-1;+5. The molecular formula is C15H22FeN7. The summed E-state index contributed by atoms with van der Waals surface area (Å²) < 4.78 is 0. The van der Waals surface area contributed by atoms with Crippen LogP contribution in [0.4, 0.5) is 0 Å². The van der Waals surface area contributed by atoms with Crippen molar-refractivity contribution >= 4 is 0 Å². The minimum Gasteiger partial charge on any atom is -0.512 e. The maximum absolute atomic E-state index is 6.25. The van der Waals surface area contributed by atoms with E-state index in [2.05, 4.69) is 33.0 Å². The Morgan fingerprint density at radius 1 is 0.783 bits per heavy atom. The van der Waals surface area contributed by atoms with E-state index in [-0.39, 0.29) is 28.1 Å². The van der Waals surface area contributed by atoms with Crippen molar-refractivity contribution in [2.45, 2.75) is 51.6 Å². The van der Waals surface area contributed by atoms with E-state index in [4.69, 9.17) is 64.9 Å². The molecule has 1 aliphatic rings. The molecule has 0 aromatic rings. The summed E-state index contributed by atoms with van der Waals surface area (Å²) in [5.41, 5.74) is 6.23. The van der Waals surface area contributed by atoms with E-state index in [1.165, 1.54) is 12.8 Å². The van der Waals surface area contributed by atoms with Crippen LogP contribution in [-0.4, -0.2) is 17.6 Å². The normalized spacial score (nSPS) is 15.4. The number of hydrogen-bond acceptors (Lipinski definition) is 7. The van der Waals surface area contributed by atoms with Gasteiger partial charge in [0.1, 0.15) is 0 Å². The van der Waals surface area contributed by atoms with E-state index in [1.807, 2.05) is 0 Å². The third-order valence-electron chi connectivity index (χ3n) is 2.61. The maximum Gasteiger partial charge on any atom is 5.00 e. The van der Waals surface area contributed by atoms with Crippen LogP contribution >= 0.6 is 0 Å². The molecule has 0 atom stereocenters. The Labute approximate surface area is 151 Å². The van der Waals surface area contributed by atoms with Crippen molar-refractivity contribution in [2.75, 3.05) is 6.54 Å². The number of nitrogens with two attached hydrogens (primary N) is 1. The fourth-order valence-corrected chi connectivity index (χ4v) is 2.70. The zero-order valence-corrected chi connectivity index (χ0v) is 15.0. The Bertz CT molecular complexity index is 289. The van der Waals surface area contributed by atoms with Gasteiger partial charge in [-0.2, -0.15) is 0 Å². The molecule has 0 spiro atoms. The van der Waals surface area contributed by atoms with Crippen LogP contribution in [0.25, 0.3) is 0 Å². The molecule has 0 unspecified atom stereocenters. The fraction of sp³-hybridized carbons (Fsp3) is 0.667. The molecule has 8 heteroatoms. The topological polar surface area (TPSA) is 157 Å². The van der Waals surface area contributed by atoms with Crippen LogP contribution in [0.2, 0.25) is 0 Å². The molecule has 7 nitrogen and oxygen atoms in total. The minimum absolute atomic E-state index is 0. The molecule has 0 bridgehead atoms. The van der Waals surface area contributed by atoms with Gasteiger partial charge in [0.05, 0.1) is 0 Å². The largest absolute Gasteiger partial charge is 5.00 e. The number of hydrogen-bond donors (Lipinski definition) is 2. The van der Waals surface area contributed by atoms with Gasteiger partial charge in [0, 0.05) is 11.1 Å². The third kappa shape index (κ3) is 25.2. The Morgan fingerprint density at radius 2 is 1.00 bits per heavy atom. The SMILES string of the molecule is CC1(C)CC(CN)CC(C)(C)N1.[C-]#N.[C-]#N.[C-]#N.[C-]#N.[C-]#N.[Fe+5]. The van der Waals surface area contributed by atoms with Crippen LogP contribution in [-0.2, 0) is 17.1 Å². The molecular weight excluding hydrogens is 334 g/mol. The van der Waals surface area contributed by atoms with Gasteiger partial charge in [-0.15, -0.1) is 0 Å². The Kier molecular flexibility index (Phi) is 40.3. The molecule has 3 N–H and O–H groups in total. The van der Waals surface area contributed by atoms with Crippen molar-refractivity contribution in [3.05, 3.63) is 32.9 Å². The molecule has 0 aliphatic carbocycles. The van der Waals surface area contributed by atoms with Crippen molar-refractivity contribution in [1.82, 2.24) is 5.32 Å². The predicted molar refractivity (Wildman–Crippen MR) is 77.9 cm³/mol. The van der Waals surface area contributed by atoms with E-state index < -0.39 is 0 Å².